The Morgan fingerprint density at radius 2 is 0.568 bits per heavy atom. The third kappa shape index (κ3) is 7.48. The monoisotopic (exact) mass is 946 g/mol. The van der Waals surface area contributed by atoms with Crippen LogP contribution in [0.1, 0.15) is 0 Å². The van der Waals surface area contributed by atoms with Crippen LogP contribution in [0.15, 0.2) is 255 Å². The zero-order chi connectivity index (χ0) is 49.0. The van der Waals surface area contributed by atoms with Crippen molar-refractivity contribution >= 4 is 43.6 Å². The van der Waals surface area contributed by atoms with Crippen molar-refractivity contribution in [2.45, 2.75) is 0 Å². The highest BCUT2D eigenvalue weighted by Gasteiger charge is 2.24. The van der Waals surface area contributed by atoms with Crippen LogP contribution in [0.2, 0.25) is 0 Å². The van der Waals surface area contributed by atoms with Crippen molar-refractivity contribution in [1.82, 2.24) is 39.0 Å². The van der Waals surface area contributed by atoms with Crippen molar-refractivity contribution in [3.05, 3.63) is 255 Å². The highest BCUT2D eigenvalue weighted by atomic mass is 15.2. The van der Waals surface area contributed by atoms with Gasteiger partial charge >= 0.3 is 0 Å². The number of fused-ring (bicyclic) bond motifs is 7. The summed E-state index contributed by atoms with van der Waals surface area (Å²) in [6, 6.07) is 88.2. The Hall–Kier alpha value is -10.2. The summed E-state index contributed by atoms with van der Waals surface area (Å²) in [5, 5.41) is 4.40. The number of nitrogens with zero attached hydrogens (tertiary/aromatic N) is 8. The topological polar surface area (TPSA) is 87.2 Å². The van der Waals surface area contributed by atoms with Crippen LogP contribution in [-0.2, 0) is 0 Å². The minimum Gasteiger partial charge on any atom is -0.307 e. The van der Waals surface area contributed by atoms with Crippen LogP contribution in [0.5, 0.6) is 0 Å². The first-order chi connectivity index (χ1) is 36.7. The van der Waals surface area contributed by atoms with Crippen molar-refractivity contribution in [1.29, 1.82) is 0 Å². The smallest absolute Gasteiger partial charge is 0.238 e. The maximum absolute atomic E-state index is 5.31. The fourth-order valence-corrected chi connectivity index (χ4v) is 10.3. The van der Waals surface area contributed by atoms with Crippen LogP contribution in [0.4, 0.5) is 0 Å². The van der Waals surface area contributed by atoms with Crippen molar-refractivity contribution in [3.63, 3.8) is 0 Å². The van der Waals surface area contributed by atoms with Gasteiger partial charge in [0, 0.05) is 55.0 Å². The molecule has 8 heteroatoms. The quantitative estimate of drug-likeness (QED) is 0.143. The molecule has 0 unspecified atom stereocenters. The molecule has 4 heterocycles. The zero-order valence-electron chi connectivity index (χ0n) is 39.8. The van der Waals surface area contributed by atoms with Gasteiger partial charge < -0.3 is 4.57 Å². The number of hydrogen-bond acceptors (Lipinski definition) is 6. The van der Waals surface area contributed by atoms with Gasteiger partial charge in [-0.2, -0.15) is 9.97 Å². The van der Waals surface area contributed by atoms with Gasteiger partial charge in [0.2, 0.25) is 5.95 Å². The predicted molar refractivity (Wildman–Crippen MR) is 300 cm³/mol. The average molecular weight is 947 g/mol. The van der Waals surface area contributed by atoms with Crippen LogP contribution in [0.25, 0.3) is 134 Å². The number of aromatic nitrogens is 8. The zero-order valence-corrected chi connectivity index (χ0v) is 39.8. The second-order valence-electron chi connectivity index (χ2n) is 18.3. The summed E-state index contributed by atoms with van der Waals surface area (Å²) in [6.07, 6.45) is 0. The van der Waals surface area contributed by atoms with E-state index in [4.69, 9.17) is 29.9 Å². The number of rotatable bonds is 9. The first-order valence-electron chi connectivity index (χ1n) is 24.7. The Morgan fingerprint density at radius 1 is 0.216 bits per heavy atom. The molecule has 74 heavy (non-hydrogen) atoms. The average Bonchev–Trinajstić information content (AvgIpc) is 4.03. The van der Waals surface area contributed by atoms with E-state index in [0.717, 1.165) is 99.4 Å². The highest BCUT2D eigenvalue weighted by Crippen LogP contribution is 2.42. The summed E-state index contributed by atoms with van der Waals surface area (Å²) >= 11 is 0. The van der Waals surface area contributed by atoms with E-state index in [1.165, 1.54) is 0 Å². The molecule has 0 aliphatic rings. The van der Waals surface area contributed by atoms with E-state index in [9.17, 15) is 0 Å². The predicted octanol–water partition coefficient (Wildman–Crippen LogP) is 15.9. The lowest BCUT2D eigenvalue weighted by Crippen LogP contribution is -2.07. The minimum atomic E-state index is 0.528. The van der Waals surface area contributed by atoms with Crippen LogP contribution >= 0.6 is 0 Å². The molecule has 8 nitrogen and oxygen atoms in total. The minimum absolute atomic E-state index is 0.528. The van der Waals surface area contributed by atoms with Gasteiger partial charge in [-0.3, -0.25) is 4.57 Å². The normalized spacial score (nSPS) is 11.5. The standard InChI is InChI=1S/C66H42N8/c1-5-19-43(20-6-1)45-35-37-48(38-36-45)61-67-64(50-28-17-27-49(41-50)44-21-7-2-8-22-44)70-65(68-61)51-29-18-30-52(42-51)73-57-33-15-13-31-53(57)55-39-40-56-54-32-14-16-34-58(54)74(60(56)59(55)73)66-71-62(46-23-9-3-10-24-46)69-63(72-66)47-25-11-4-12-26-47/h1-42H. The number of benzene rings is 10. The molecule has 0 N–H and O–H groups in total. The van der Waals surface area contributed by atoms with Crippen LogP contribution in [-0.4, -0.2) is 39.0 Å². The largest absolute Gasteiger partial charge is 0.307 e. The maximum atomic E-state index is 5.31. The molecule has 0 atom stereocenters. The number of hydrogen-bond donors (Lipinski definition) is 0. The summed E-state index contributed by atoms with van der Waals surface area (Å²) in [5.74, 6) is 3.46. The summed E-state index contributed by atoms with van der Waals surface area (Å²) in [7, 11) is 0. The van der Waals surface area contributed by atoms with E-state index in [-0.39, 0.29) is 0 Å². The highest BCUT2D eigenvalue weighted by molar-refractivity contribution is 6.23. The van der Waals surface area contributed by atoms with Crippen molar-refractivity contribution in [2.24, 2.45) is 0 Å². The van der Waals surface area contributed by atoms with Gasteiger partial charge in [-0.25, -0.2) is 19.9 Å². The van der Waals surface area contributed by atoms with Gasteiger partial charge in [0.1, 0.15) is 0 Å². The molecule has 14 rings (SSSR count). The van der Waals surface area contributed by atoms with Gasteiger partial charge in [0.05, 0.1) is 22.1 Å². The molecule has 0 fully saturated rings. The van der Waals surface area contributed by atoms with E-state index in [0.29, 0.717) is 35.1 Å². The van der Waals surface area contributed by atoms with Crippen molar-refractivity contribution in [3.8, 4) is 90.8 Å². The Morgan fingerprint density at radius 3 is 1.12 bits per heavy atom. The molecule has 0 amide bonds. The third-order valence-corrected chi connectivity index (χ3v) is 13.8. The fraction of sp³-hybridized carbons (Fsp3) is 0. The summed E-state index contributed by atoms with van der Waals surface area (Å²) in [4.78, 5) is 31.4. The van der Waals surface area contributed by atoms with Gasteiger partial charge in [0.15, 0.2) is 29.1 Å². The molecule has 14 aromatic rings. The fourth-order valence-electron chi connectivity index (χ4n) is 10.3. The van der Waals surface area contributed by atoms with E-state index in [1.54, 1.807) is 0 Å². The lowest BCUT2D eigenvalue weighted by Gasteiger charge is -2.14. The molecule has 0 saturated carbocycles. The molecular formula is C66H42N8. The molecular weight excluding hydrogens is 905 g/mol. The molecule has 0 aliphatic heterocycles. The Bertz CT molecular complexity index is 4340. The molecule has 4 aromatic heterocycles. The molecule has 0 saturated heterocycles. The summed E-state index contributed by atoms with van der Waals surface area (Å²) in [6.45, 7) is 0. The molecule has 346 valence electrons. The lowest BCUT2D eigenvalue weighted by atomic mass is 10.0. The lowest BCUT2D eigenvalue weighted by molar-refractivity contribution is 0.953. The Labute approximate surface area is 426 Å². The van der Waals surface area contributed by atoms with Crippen LogP contribution in [0.3, 0.4) is 0 Å². The summed E-state index contributed by atoms with van der Waals surface area (Å²) < 4.78 is 4.60. The SMILES string of the molecule is c1ccc(-c2ccc(-c3nc(-c4cccc(-c5ccccc5)c4)nc(-c4cccc(-n5c6ccccc6c6ccc7c8ccccc8n(-c8nc(-c9ccccc9)nc(-c9ccccc9)n8)c7c65)c4)n3)cc2)cc1. The Balaban J connectivity index is 0.993. The third-order valence-electron chi connectivity index (χ3n) is 13.8. The maximum Gasteiger partial charge on any atom is 0.238 e. The first kappa shape index (κ1) is 42.7. The van der Waals surface area contributed by atoms with E-state index < -0.39 is 0 Å². The molecule has 0 spiro atoms. The van der Waals surface area contributed by atoms with Crippen LogP contribution < -0.4 is 0 Å². The van der Waals surface area contributed by atoms with Crippen molar-refractivity contribution in [2.75, 3.05) is 0 Å². The second kappa shape index (κ2) is 17.9. The number of para-hydroxylation sites is 2. The Kier molecular flexibility index (Phi) is 10.3. The first-order valence-corrected chi connectivity index (χ1v) is 24.7. The molecule has 0 radical (unpaired) electrons. The molecule has 0 aliphatic carbocycles. The van der Waals surface area contributed by atoms with Crippen LogP contribution in [0, 0.1) is 0 Å². The van der Waals surface area contributed by atoms with E-state index in [1.807, 2.05) is 72.8 Å². The summed E-state index contributed by atoms with van der Waals surface area (Å²) in [5.41, 5.74) is 13.9. The van der Waals surface area contributed by atoms with Crippen molar-refractivity contribution < 1.29 is 0 Å². The molecule has 10 aromatic carbocycles. The van der Waals surface area contributed by atoms with Gasteiger partial charge in [-0.1, -0.05) is 224 Å². The van der Waals surface area contributed by atoms with Gasteiger partial charge in [-0.05, 0) is 52.6 Å². The van der Waals surface area contributed by atoms with E-state index in [2.05, 4.69) is 191 Å². The molecule has 0 bridgehead atoms. The second-order valence-corrected chi connectivity index (χ2v) is 18.3. The van der Waals surface area contributed by atoms with Gasteiger partial charge in [-0.15, -0.1) is 0 Å². The van der Waals surface area contributed by atoms with E-state index >= 15 is 0 Å². The van der Waals surface area contributed by atoms with Gasteiger partial charge in [0.25, 0.3) is 0 Å².